The summed E-state index contributed by atoms with van der Waals surface area (Å²) >= 11 is 3.09. The number of amides is 5. The maximum absolute atomic E-state index is 13.4. The second-order valence-corrected chi connectivity index (χ2v) is 29.2. The largest absolute Gasteiger partial charge is 0.496 e. The molecule has 28 nitrogen and oxygen atoms in total. The quantitative estimate of drug-likeness (QED) is 0.0409. The number of nitrogens with zero attached hydrogens (tertiary/aromatic N) is 8. The number of hydrogen-bond acceptors (Lipinski definition) is 21. The van der Waals surface area contributed by atoms with Crippen LogP contribution in [0.15, 0.2) is 36.4 Å². The van der Waals surface area contributed by atoms with Gasteiger partial charge in [0, 0.05) is 133 Å². The van der Waals surface area contributed by atoms with Crippen molar-refractivity contribution in [1.29, 1.82) is 0 Å². The number of benzene rings is 3. The monoisotopic (exact) mass is 1550 g/mol. The molecule has 0 aromatic heterocycles. The zero-order valence-corrected chi connectivity index (χ0v) is 67.6. The van der Waals surface area contributed by atoms with Gasteiger partial charge < -0.3 is 82.6 Å². The SMILES string of the molecule is CC(C)(C)OC(=O)N1CCC(N)CC1.CCOc1cc(OC)c(C=O)c(OC)c1.CCOc1cc(OC)c(CNC2CCN(C(=O)OC(C)(C)C)CC2)c(OC)c1.[C-]#[N+][C@@H]1CCCN1C(=O)CBr.[C-]#[N+][C@@H]1CCCN1C(=O)CN(Cc1c(OC)cc(OCC)cc1OC)C1CCN(C(=O)OC(C)(C)C)CC1. The molecule has 592 valence electrons. The average molecular weight is 1550 g/mol. The summed E-state index contributed by atoms with van der Waals surface area (Å²) in [5.41, 5.74) is 6.50. The van der Waals surface area contributed by atoms with E-state index in [-0.39, 0.29) is 54.9 Å². The Labute approximate surface area is 637 Å². The summed E-state index contributed by atoms with van der Waals surface area (Å²) in [6.07, 6.45) is 7.59. The highest BCUT2D eigenvalue weighted by Crippen LogP contribution is 2.38. The van der Waals surface area contributed by atoms with Gasteiger partial charge in [0.15, 0.2) is 6.29 Å². The summed E-state index contributed by atoms with van der Waals surface area (Å²) in [5.74, 6) is 5.60. The highest BCUT2D eigenvalue weighted by atomic mass is 79.9. The number of ether oxygens (including phenoxy) is 12. The van der Waals surface area contributed by atoms with Crippen LogP contribution in [0.1, 0.15) is 169 Å². The molecule has 5 heterocycles. The van der Waals surface area contributed by atoms with Crippen molar-refractivity contribution >= 4 is 52.3 Å². The molecule has 3 aromatic rings. The van der Waals surface area contributed by atoms with E-state index in [2.05, 4.69) is 35.8 Å². The van der Waals surface area contributed by atoms with Gasteiger partial charge in [-0.2, -0.15) is 0 Å². The Bertz CT molecular complexity index is 3270. The van der Waals surface area contributed by atoms with Gasteiger partial charge in [-0.3, -0.25) is 38.8 Å². The molecule has 3 N–H and O–H groups in total. The fourth-order valence-corrected chi connectivity index (χ4v) is 12.5. The van der Waals surface area contributed by atoms with Crippen molar-refractivity contribution in [2.45, 2.75) is 208 Å². The Morgan fingerprint density at radius 1 is 0.519 bits per heavy atom. The minimum atomic E-state index is -0.553. The number of alkyl halides is 1. The summed E-state index contributed by atoms with van der Waals surface area (Å²) in [5, 5.41) is 3.90. The Hall–Kier alpha value is -8.38. The van der Waals surface area contributed by atoms with Crippen molar-refractivity contribution in [3.63, 3.8) is 0 Å². The maximum atomic E-state index is 13.4. The first-order valence-corrected chi connectivity index (χ1v) is 37.6. The normalized spacial score (nSPS) is 17.0. The molecule has 0 bridgehead atoms. The molecule has 5 saturated heterocycles. The van der Waals surface area contributed by atoms with Gasteiger partial charge in [0.1, 0.15) is 68.5 Å². The highest BCUT2D eigenvalue weighted by molar-refractivity contribution is 9.09. The number of piperidine rings is 3. The number of carbonyl (C=O) groups excluding carboxylic acids is 6. The standard InChI is InChI=1S/C28H42N4O6.C21H34N2O5.C11H14O4.C10H20N2O2.C7H9BrN2O/c1-8-37-21-16-23(35-6)22(24(17-21)36-7)18-31(19-26(33)32-13-9-10-25(32)29-5)20-11-14-30(15-12-20)27(34)38-28(2,3)4;1-7-27-16-12-18(25-5)17(19(13-16)26-6)14-22-15-8-10-23(11-9-15)20(24)28-21(2,3)4;1-4-15-8-5-10(13-2)9(7-12)11(6-8)14-3;1-10(2,3)14-9(13)12-6-4-8(11)5-7-12;1-9-6-3-2-4-10(6)7(11)5-8/h16-17,20,25H,8-15,18-19H2,1-4,6-7H3;12-13,15,22H,7-11,14H2,1-6H3;5-7H,4H2,1-3H3;8H,4-7,11H2,1-3H3;6H,2-5H2/t25-;;;;6-/m0...0/s1. The lowest BCUT2D eigenvalue weighted by Gasteiger charge is -2.39. The van der Waals surface area contributed by atoms with Crippen molar-refractivity contribution < 1.29 is 85.6 Å². The van der Waals surface area contributed by atoms with E-state index < -0.39 is 23.0 Å². The van der Waals surface area contributed by atoms with Crippen LogP contribution in [0.4, 0.5) is 14.4 Å². The van der Waals surface area contributed by atoms with E-state index in [0.717, 1.165) is 93.0 Å². The second-order valence-electron chi connectivity index (χ2n) is 28.6. The van der Waals surface area contributed by atoms with Gasteiger partial charge >= 0.3 is 30.6 Å². The minimum absolute atomic E-state index is 0.0310. The van der Waals surface area contributed by atoms with Gasteiger partial charge in [-0.25, -0.2) is 27.5 Å². The van der Waals surface area contributed by atoms with E-state index in [9.17, 15) is 28.8 Å². The van der Waals surface area contributed by atoms with E-state index >= 15 is 0 Å². The van der Waals surface area contributed by atoms with E-state index in [1.165, 1.54) is 14.2 Å². The number of methoxy groups -OCH3 is 6. The predicted molar refractivity (Wildman–Crippen MR) is 408 cm³/mol. The smallest absolute Gasteiger partial charge is 0.410 e. The van der Waals surface area contributed by atoms with Crippen LogP contribution >= 0.6 is 15.9 Å². The van der Waals surface area contributed by atoms with Crippen molar-refractivity contribution in [2.24, 2.45) is 5.73 Å². The Balaban J connectivity index is 0.000000304. The van der Waals surface area contributed by atoms with E-state index in [1.54, 1.807) is 65.1 Å². The van der Waals surface area contributed by atoms with Crippen LogP contribution in [-0.2, 0) is 36.9 Å². The molecule has 0 aliphatic carbocycles. The molecular weight excluding hydrogens is 1430 g/mol. The predicted octanol–water partition coefficient (Wildman–Crippen LogP) is 12.3. The van der Waals surface area contributed by atoms with Crippen molar-refractivity contribution in [1.82, 2.24) is 34.7 Å². The lowest BCUT2D eigenvalue weighted by molar-refractivity contribution is -0.133. The molecule has 0 spiro atoms. The van der Waals surface area contributed by atoms with Crippen molar-refractivity contribution in [3.8, 4) is 51.7 Å². The van der Waals surface area contributed by atoms with Crippen LogP contribution in [-0.4, -0.2) is 240 Å². The number of aldehydes is 1. The summed E-state index contributed by atoms with van der Waals surface area (Å²) in [6, 6.07) is 11.4. The topological polar surface area (TPSA) is 279 Å². The fourth-order valence-electron chi connectivity index (χ4n) is 12.2. The number of hydrogen-bond donors (Lipinski definition) is 2. The first-order valence-electron chi connectivity index (χ1n) is 36.4. The summed E-state index contributed by atoms with van der Waals surface area (Å²) in [7, 11) is 9.50. The van der Waals surface area contributed by atoms with Gasteiger partial charge in [0.25, 0.3) is 0 Å². The third-order valence-electron chi connectivity index (χ3n) is 17.5. The van der Waals surface area contributed by atoms with Gasteiger partial charge in [0.2, 0.25) is 11.8 Å². The third kappa shape index (κ3) is 29.4. The first-order chi connectivity index (χ1) is 50.3. The van der Waals surface area contributed by atoms with E-state index in [1.807, 2.05) is 107 Å². The number of rotatable bonds is 22. The first kappa shape index (κ1) is 90.0. The number of carbonyl (C=O) groups is 6. The van der Waals surface area contributed by atoms with Gasteiger partial charge in [-0.1, -0.05) is 15.9 Å². The Morgan fingerprint density at radius 2 is 0.858 bits per heavy atom. The summed E-state index contributed by atoms with van der Waals surface area (Å²) < 4.78 is 65.5. The molecule has 29 heteroatoms. The zero-order valence-electron chi connectivity index (χ0n) is 66.0. The molecule has 3 aromatic carbocycles. The number of likely N-dealkylation sites (tertiary alicyclic amines) is 5. The molecule has 5 fully saturated rings. The lowest BCUT2D eigenvalue weighted by atomic mass is 10.0. The molecule has 2 atom stereocenters. The average Bonchev–Trinajstić information content (AvgIpc) is 0.921. The second kappa shape index (κ2) is 44.7. The molecule has 5 amide bonds. The van der Waals surface area contributed by atoms with Crippen LogP contribution in [0.2, 0.25) is 0 Å². The van der Waals surface area contributed by atoms with Crippen LogP contribution in [0.25, 0.3) is 9.69 Å². The van der Waals surface area contributed by atoms with Gasteiger partial charge in [0.05, 0.1) is 91.0 Å². The number of halogens is 1. The van der Waals surface area contributed by atoms with Crippen LogP contribution in [0.5, 0.6) is 51.7 Å². The third-order valence-corrected chi connectivity index (χ3v) is 17.9. The zero-order chi connectivity index (χ0) is 78.9. The highest BCUT2D eigenvalue weighted by Gasteiger charge is 2.38. The Kier molecular flexibility index (Phi) is 37.9. The van der Waals surface area contributed by atoms with E-state index in [0.29, 0.717) is 143 Å². The number of nitrogens with two attached hydrogens (primary N) is 1. The van der Waals surface area contributed by atoms with Crippen LogP contribution < -0.4 is 53.7 Å². The Morgan fingerprint density at radius 3 is 1.19 bits per heavy atom. The molecule has 0 saturated carbocycles. The van der Waals surface area contributed by atoms with E-state index in [4.69, 9.17) is 75.7 Å². The summed E-state index contributed by atoms with van der Waals surface area (Å²) in [6.45, 7) is 45.0. The maximum Gasteiger partial charge on any atom is 0.410 e. The van der Waals surface area contributed by atoms with Crippen LogP contribution in [0, 0.1) is 13.1 Å². The molecule has 106 heavy (non-hydrogen) atoms. The molecule has 0 radical (unpaired) electrons. The molecule has 5 aliphatic heterocycles. The van der Waals surface area contributed by atoms with Gasteiger partial charge in [-0.05, 0) is 134 Å². The minimum Gasteiger partial charge on any atom is -0.496 e. The number of nitrogens with one attached hydrogen (secondary N) is 1. The lowest BCUT2D eigenvalue weighted by Crippen LogP contribution is -2.50. The molecular formula is C77H119BrN10O18. The molecule has 5 aliphatic rings. The van der Waals surface area contributed by atoms with Gasteiger partial charge in [-0.15, -0.1) is 0 Å². The fraction of sp³-hybridized carbons (Fsp3) is 0.662. The molecule has 8 rings (SSSR count). The summed E-state index contributed by atoms with van der Waals surface area (Å²) in [4.78, 5) is 89.5. The van der Waals surface area contributed by atoms with Crippen molar-refractivity contribution in [3.05, 3.63) is 75.9 Å². The van der Waals surface area contributed by atoms with Crippen molar-refractivity contribution in [2.75, 3.05) is 127 Å². The van der Waals surface area contributed by atoms with Crippen LogP contribution in [0.3, 0.4) is 0 Å². The molecule has 0 unspecified atom stereocenters.